The molecule has 0 aliphatic carbocycles. The second-order valence-corrected chi connectivity index (χ2v) is 9.35. The summed E-state index contributed by atoms with van der Waals surface area (Å²) in [5, 5.41) is 9.13. The fourth-order valence-corrected chi connectivity index (χ4v) is 5.51. The van der Waals surface area contributed by atoms with Crippen LogP contribution in [0, 0.1) is 6.92 Å². The summed E-state index contributed by atoms with van der Waals surface area (Å²) < 4.78 is 1.04. The molecule has 1 aliphatic rings. The Bertz CT molecular complexity index is 1060. The number of aromatic nitrogens is 1. The lowest BCUT2D eigenvalue weighted by Crippen LogP contribution is -2.32. The van der Waals surface area contributed by atoms with E-state index in [-0.39, 0.29) is 18.0 Å². The normalized spacial score (nSPS) is 18.3. The second-order valence-electron chi connectivity index (χ2n) is 7.10. The minimum absolute atomic E-state index is 0.0186. The smallest absolute Gasteiger partial charge is 0.226 e. The van der Waals surface area contributed by atoms with E-state index in [9.17, 15) is 4.79 Å². The maximum absolute atomic E-state index is 12.6. The maximum atomic E-state index is 12.6. The molecular formula is C22H21BrN4OS2. The van der Waals surface area contributed by atoms with Gasteiger partial charge in [-0.3, -0.25) is 9.78 Å². The molecule has 3 heterocycles. The van der Waals surface area contributed by atoms with Crippen LogP contribution in [0.25, 0.3) is 0 Å². The molecular weight excluding hydrogens is 480 g/mol. The van der Waals surface area contributed by atoms with Crippen LogP contribution >= 0.6 is 39.5 Å². The van der Waals surface area contributed by atoms with E-state index < -0.39 is 0 Å². The molecule has 1 aliphatic heterocycles. The van der Waals surface area contributed by atoms with E-state index in [1.54, 1.807) is 17.5 Å². The molecule has 1 fully saturated rings. The first-order valence-electron chi connectivity index (χ1n) is 9.60. The molecule has 3 aromatic rings. The summed E-state index contributed by atoms with van der Waals surface area (Å²) >= 11 is 10.9. The number of nitrogens with one attached hydrogen (secondary N) is 2. The van der Waals surface area contributed by atoms with Gasteiger partial charge in [0.25, 0.3) is 0 Å². The Morgan fingerprint density at radius 2 is 2.10 bits per heavy atom. The Kier molecular flexibility index (Phi) is 6.46. The van der Waals surface area contributed by atoms with Gasteiger partial charge in [-0.2, -0.15) is 0 Å². The summed E-state index contributed by atoms with van der Waals surface area (Å²) in [5.41, 5.74) is 2.82. The molecule has 4 rings (SSSR count). The number of carbonyl (C=O) groups is 1. The molecule has 1 amide bonds. The van der Waals surface area contributed by atoms with Crippen molar-refractivity contribution in [2.24, 2.45) is 0 Å². The molecule has 0 saturated carbocycles. The number of anilines is 1. The Morgan fingerprint density at radius 1 is 1.30 bits per heavy atom. The van der Waals surface area contributed by atoms with E-state index in [1.807, 2.05) is 49.4 Å². The fourth-order valence-electron chi connectivity index (χ4n) is 3.59. The summed E-state index contributed by atoms with van der Waals surface area (Å²) in [6.07, 6.45) is 2.13. The highest BCUT2D eigenvalue weighted by molar-refractivity contribution is 9.10. The van der Waals surface area contributed by atoms with Crippen LogP contribution in [0.4, 0.5) is 5.69 Å². The molecule has 8 heteroatoms. The van der Waals surface area contributed by atoms with Crippen LogP contribution in [0.5, 0.6) is 0 Å². The summed E-state index contributed by atoms with van der Waals surface area (Å²) in [4.78, 5) is 20.4. The number of benzene rings is 1. The van der Waals surface area contributed by atoms with E-state index in [0.29, 0.717) is 18.1 Å². The zero-order valence-electron chi connectivity index (χ0n) is 16.3. The molecule has 0 radical (unpaired) electrons. The molecule has 2 N–H and O–H groups in total. The van der Waals surface area contributed by atoms with Gasteiger partial charge in [-0.05, 0) is 64.9 Å². The highest BCUT2D eigenvalue weighted by Gasteiger charge is 2.40. The Morgan fingerprint density at radius 3 is 2.80 bits per heavy atom. The first-order valence-corrected chi connectivity index (χ1v) is 11.7. The molecule has 1 saturated heterocycles. The number of aryl methyl sites for hydroxylation is 1. The number of nitrogens with zero attached hydrogens (tertiary/aromatic N) is 2. The van der Waals surface area contributed by atoms with Crippen molar-refractivity contribution >= 4 is 56.2 Å². The number of thiocarbonyl (C=S) groups is 1. The van der Waals surface area contributed by atoms with Gasteiger partial charge >= 0.3 is 0 Å². The molecule has 1 aromatic carbocycles. The fraction of sp³-hybridized carbons (Fsp3) is 0.227. The van der Waals surface area contributed by atoms with Crippen LogP contribution in [0.1, 0.15) is 34.6 Å². The third-order valence-electron chi connectivity index (χ3n) is 5.08. The number of para-hydroxylation sites is 1. The van der Waals surface area contributed by atoms with Gasteiger partial charge in [0, 0.05) is 39.6 Å². The lowest BCUT2D eigenvalue weighted by atomic mass is 10.0. The van der Waals surface area contributed by atoms with Crippen molar-refractivity contribution in [3.05, 3.63) is 80.7 Å². The van der Waals surface area contributed by atoms with Gasteiger partial charge in [-0.15, -0.1) is 11.3 Å². The van der Waals surface area contributed by atoms with E-state index in [4.69, 9.17) is 12.2 Å². The monoisotopic (exact) mass is 500 g/mol. The first-order chi connectivity index (χ1) is 14.5. The van der Waals surface area contributed by atoms with Gasteiger partial charge in [0.1, 0.15) is 0 Å². The van der Waals surface area contributed by atoms with Crippen molar-refractivity contribution in [2.45, 2.75) is 25.4 Å². The van der Waals surface area contributed by atoms with Crippen molar-refractivity contribution < 1.29 is 4.79 Å². The largest absolute Gasteiger partial charge is 0.352 e. The number of amides is 1. The number of pyridine rings is 1. The van der Waals surface area contributed by atoms with Crippen LogP contribution in [-0.4, -0.2) is 27.4 Å². The van der Waals surface area contributed by atoms with Crippen LogP contribution in [0.15, 0.2) is 64.6 Å². The van der Waals surface area contributed by atoms with Crippen LogP contribution < -0.4 is 10.6 Å². The van der Waals surface area contributed by atoms with E-state index in [1.165, 1.54) is 4.88 Å². The molecule has 5 nitrogen and oxygen atoms in total. The van der Waals surface area contributed by atoms with Gasteiger partial charge in [-0.25, -0.2) is 0 Å². The van der Waals surface area contributed by atoms with Gasteiger partial charge < -0.3 is 15.5 Å². The molecule has 2 unspecified atom stereocenters. The Labute approximate surface area is 193 Å². The predicted molar refractivity (Wildman–Crippen MR) is 129 cm³/mol. The van der Waals surface area contributed by atoms with Crippen molar-refractivity contribution in [3.63, 3.8) is 0 Å². The van der Waals surface area contributed by atoms with Gasteiger partial charge in [0.15, 0.2) is 5.11 Å². The Balaban J connectivity index is 1.52. The number of carbonyl (C=O) groups excluding carboxylic acids is 1. The quantitative estimate of drug-likeness (QED) is 0.454. The van der Waals surface area contributed by atoms with Gasteiger partial charge in [0.05, 0.1) is 17.8 Å². The lowest BCUT2D eigenvalue weighted by molar-refractivity contribution is -0.116. The van der Waals surface area contributed by atoms with Gasteiger partial charge in [0.2, 0.25) is 5.91 Å². The topological polar surface area (TPSA) is 57.3 Å². The number of halogens is 1. The van der Waals surface area contributed by atoms with Crippen molar-refractivity contribution in [1.29, 1.82) is 0 Å². The Hall–Kier alpha value is -2.29. The van der Waals surface area contributed by atoms with E-state index in [2.05, 4.69) is 47.9 Å². The van der Waals surface area contributed by atoms with Crippen LogP contribution in [-0.2, 0) is 4.79 Å². The molecule has 2 aromatic heterocycles. The number of thiophene rings is 1. The van der Waals surface area contributed by atoms with Crippen LogP contribution in [0.3, 0.4) is 0 Å². The second kappa shape index (κ2) is 9.24. The predicted octanol–water partition coefficient (Wildman–Crippen LogP) is 5.22. The number of hydrogen-bond donors (Lipinski definition) is 2. The summed E-state index contributed by atoms with van der Waals surface area (Å²) in [5.74, 6) is -0.0282. The van der Waals surface area contributed by atoms with Gasteiger partial charge in [-0.1, -0.05) is 24.3 Å². The average Bonchev–Trinajstić information content (AvgIpc) is 3.31. The third-order valence-corrected chi connectivity index (χ3v) is 7.19. The highest BCUT2D eigenvalue weighted by Crippen LogP contribution is 2.41. The van der Waals surface area contributed by atoms with Crippen molar-refractivity contribution in [2.75, 3.05) is 11.9 Å². The maximum Gasteiger partial charge on any atom is 0.226 e. The first kappa shape index (κ1) is 21.0. The van der Waals surface area contributed by atoms with Crippen LogP contribution in [0.2, 0.25) is 0 Å². The SMILES string of the molecule is Cc1ccccc1NC(=O)CCN1C(=S)NC(c2ccccn2)C1c1cc(Br)cs1. The summed E-state index contributed by atoms with van der Waals surface area (Å²) in [6.45, 7) is 2.50. The standard InChI is InChI=1S/C22H21BrN4OS2/c1-14-6-2-3-7-16(14)25-19(28)9-11-27-21(18-12-15(23)13-30-18)20(26-22(27)29)17-8-4-5-10-24-17/h2-8,10,12-13,20-21H,9,11H2,1H3,(H,25,28)(H,26,29). The third kappa shape index (κ3) is 4.55. The molecule has 0 bridgehead atoms. The molecule has 30 heavy (non-hydrogen) atoms. The molecule has 154 valence electrons. The van der Waals surface area contributed by atoms with E-state index >= 15 is 0 Å². The lowest BCUT2D eigenvalue weighted by Gasteiger charge is -2.26. The molecule has 2 atom stereocenters. The van der Waals surface area contributed by atoms with Crippen molar-refractivity contribution in [3.8, 4) is 0 Å². The zero-order chi connectivity index (χ0) is 21.1. The highest BCUT2D eigenvalue weighted by atomic mass is 79.9. The minimum Gasteiger partial charge on any atom is -0.352 e. The van der Waals surface area contributed by atoms with Crippen molar-refractivity contribution in [1.82, 2.24) is 15.2 Å². The number of hydrogen-bond acceptors (Lipinski definition) is 4. The number of rotatable bonds is 6. The minimum atomic E-state index is -0.0660. The molecule has 0 spiro atoms. The zero-order valence-corrected chi connectivity index (χ0v) is 19.6. The summed E-state index contributed by atoms with van der Waals surface area (Å²) in [6, 6.07) is 15.7. The average molecular weight is 501 g/mol. The summed E-state index contributed by atoms with van der Waals surface area (Å²) in [7, 11) is 0. The van der Waals surface area contributed by atoms with E-state index in [0.717, 1.165) is 21.4 Å².